The lowest BCUT2D eigenvalue weighted by Crippen LogP contribution is -3.00. The molecule has 174 valence electrons. The second kappa shape index (κ2) is 15.8. The standard InChI is InChI=1S/C28H40N3.BrH/c1-2-3-4-5-6-7-8-9-10-17-22-28-25-30(23-26-18-13-11-14-19-26)29-31(28)24-27-20-15-12-16-21-27;/h11-16,18-21,25H,2-10,17,22-24H2,1H3;1H/q+1;/p-1. The zero-order valence-electron chi connectivity index (χ0n) is 19.8. The highest BCUT2D eigenvalue weighted by Gasteiger charge is 2.16. The second-order valence-electron chi connectivity index (χ2n) is 8.77. The van der Waals surface area contributed by atoms with E-state index in [0.29, 0.717) is 0 Å². The highest BCUT2D eigenvalue weighted by molar-refractivity contribution is 5.15. The molecule has 4 heteroatoms. The molecule has 0 spiro atoms. The topological polar surface area (TPSA) is 21.7 Å². The van der Waals surface area contributed by atoms with Gasteiger partial charge < -0.3 is 17.0 Å². The fourth-order valence-corrected chi connectivity index (χ4v) is 4.19. The quantitative estimate of drug-likeness (QED) is 0.231. The number of hydrogen-bond donors (Lipinski definition) is 0. The van der Waals surface area contributed by atoms with Crippen LogP contribution in [0.25, 0.3) is 0 Å². The maximum absolute atomic E-state index is 4.90. The molecule has 0 atom stereocenters. The van der Waals surface area contributed by atoms with Crippen molar-refractivity contribution in [1.29, 1.82) is 0 Å². The Kier molecular flexibility index (Phi) is 13.0. The van der Waals surface area contributed by atoms with Crippen LogP contribution in [0, 0.1) is 0 Å². The van der Waals surface area contributed by atoms with Gasteiger partial charge in [-0.1, -0.05) is 125 Å². The molecule has 0 aliphatic heterocycles. The van der Waals surface area contributed by atoms with Gasteiger partial charge in [-0.2, -0.15) is 0 Å². The normalized spacial score (nSPS) is 10.8. The van der Waals surface area contributed by atoms with Crippen LogP contribution in [0.1, 0.15) is 88.0 Å². The number of rotatable bonds is 15. The second-order valence-corrected chi connectivity index (χ2v) is 8.77. The average Bonchev–Trinajstić information content (AvgIpc) is 3.17. The predicted octanol–water partition coefficient (Wildman–Crippen LogP) is 3.73. The first-order valence-corrected chi connectivity index (χ1v) is 12.4. The number of unbranched alkanes of at least 4 members (excludes halogenated alkanes) is 9. The summed E-state index contributed by atoms with van der Waals surface area (Å²) in [5.74, 6) is 0. The van der Waals surface area contributed by atoms with Crippen LogP contribution in [0.3, 0.4) is 0 Å². The molecule has 0 saturated carbocycles. The Balaban J connectivity index is 0.00000363. The fourth-order valence-electron chi connectivity index (χ4n) is 4.19. The average molecular weight is 499 g/mol. The van der Waals surface area contributed by atoms with Crippen molar-refractivity contribution in [2.24, 2.45) is 0 Å². The highest BCUT2D eigenvalue weighted by Crippen LogP contribution is 2.13. The number of aryl methyl sites for hydroxylation is 1. The number of hydrogen-bond acceptors (Lipinski definition) is 1. The van der Waals surface area contributed by atoms with E-state index in [1.54, 1.807) is 0 Å². The maximum atomic E-state index is 4.90. The van der Waals surface area contributed by atoms with E-state index < -0.39 is 0 Å². The third-order valence-corrected chi connectivity index (χ3v) is 6.00. The van der Waals surface area contributed by atoms with Crippen LogP contribution in [-0.4, -0.2) is 9.90 Å². The Hall–Kier alpha value is -1.94. The molecule has 0 aliphatic carbocycles. The van der Waals surface area contributed by atoms with Crippen molar-refractivity contribution in [3.05, 3.63) is 83.7 Å². The smallest absolute Gasteiger partial charge is 0.168 e. The van der Waals surface area contributed by atoms with Crippen LogP contribution in [0.15, 0.2) is 66.9 Å². The van der Waals surface area contributed by atoms with Gasteiger partial charge in [0.1, 0.15) is 13.1 Å². The molecule has 2 aromatic carbocycles. The van der Waals surface area contributed by atoms with Gasteiger partial charge in [0.15, 0.2) is 11.9 Å². The molecule has 1 aromatic heterocycles. The van der Waals surface area contributed by atoms with Gasteiger partial charge in [-0.15, -0.1) is 9.36 Å². The first-order valence-electron chi connectivity index (χ1n) is 12.4. The van der Waals surface area contributed by atoms with Crippen LogP contribution in [-0.2, 0) is 19.5 Å². The summed E-state index contributed by atoms with van der Waals surface area (Å²) in [7, 11) is 0. The molecule has 0 unspecified atom stereocenters. The van der Waals surface area contributed by atoms with Crippen LogP contribution < -0.4 is 21.7 Å². The number of nitrogens with zero attached hydrogens (tertiary/aromatic N) is 3. The number of halogens is 1. The SMILES string of the molecule is CCCCCCCCCCCCc1c[n+](Cc2ccccc2)nn1Cc1ccccc1.[Br-]. The molecular formula is C28H40BrN3. The zero-order chi connectivity index (χ0) is 21.6. The summed E-state index contributed by atoms with van der Waals surface area (Å²) < 4.78 is 4.30. The molecule has 3 rings (SSSR count). The number of benzene rings is 2. The minimum absolute atomic E-state index is 0. The summed E-state index contributed by atoms with van der Waals surface area (Å²) in [6.45, 7) is 3.96. The summed E-state index contributed by atoms with van der Waals surface area (Å²) in [5, 5.41) is 4.90. The molecular weight excluding hydrogens is 458 g/mol. The van der Waals surface area contributed by atoms with Gasteiger partial charge in [0.2, 0.25) is 0 Å². The molecule has 1 heterocycles. The van der Waals surface area contributed by atoms with Crippen LogP contribution in [0.2, 0.25) is 0 Å². The molecule has 32 heavy (non-hydrogen) atoms. The van der Waals surface area contributed by atoms with Crippen LogP contribution in [0.4, 0.5) is 0 Å². The highest BCUT2D eigenvalue weighted by atomic mass is 79.9. The third kappa shape index (κ3) is 9.68. The van der Waals surface area contributed by atoms with E-state index in [9.17, 15) is 0 Å². The molecule has 0 bridgehead atoms. The van der Waals surface area contributed by atoms with Crippen molar-refractivity contribution in [2.75, 3.05) is 0 Å². The van der Waals surface area contributed by atoms with E-state index in [2.05, 4.69) is 83.1 Å². The number of aromatic nitrogens is 3. The predicted molar refractivity (Wildman–Crippen MR) is 129 cm³/mol. The minimum Gasteiger partial charge on any atom is -1.00 e. The van der Waals surface area contributed by atoms with Gasteiger partial charge in [0, 0.05) is 6.42 Å². The van der Waals surface area contributed by atoms with E-state index in [-0.39, 0.29) is 17.0 Å². The van der Waals surface area contributed by atoms with Crippen molar-refractivity contribution in [2.45, 2.75) is 90.6 Å². The summed E-state index contributed by atoms with van der Waals surface area (Å²) in [6, 6.07) is 21.3. The maximum Gasteiger partial charge on any atom is 0.168 e. The molecule has 0 N–H and O–H groups in total. The Morgan fingerprint density at radius 1 is 0.688 bits per heavy atom. The van der Waals surface area contributed by atoms with Crippen molar-refractivity contribution in [3.8, 4) is 0 Å². The monoisotopic (exact) mass is 497 g/mol. The van der Waals surface area contributed by atoms with Gasteiger partial charge in [0.05, 0.1) is 5.21 Å². The van der Waals surface area contributed by atoms with Crippen molar-refractivity contribution in [1.82, 2.24) is 9.90 Å². The van der Waals surface area contributed by atoms with E-state index in [4.69, 9.17) is 5.21 Å². The van der Waals surface area contributed by atoms with Crippen LogP contribution in [0.5, 0.6) is 0 Å². The summed E-state index contributed by atoms with van der Waals surface area (Å²) in [6.07, 6.45) is 17.1. The van der Waals surface area contributed by atoms with Crippen molar-refractivity contribution >= 4 is 0 Å². The van der Waals surface area contributed by atoms with Crippen molar-refractivity contribution in [3.63, 3.8) is 0 Å². The molecule has 0 saturated heterocycles. The molecule has 3 aromatic rings. The molecule has 0 fully saturated rings. The van der Waals surface area contributed by atoms with E-state index in [0.717, 1.165) is 19.5 Å². The fraction of sp³-hybridized carbons (Fsp3) is 0.500. The summed E-state index contributed by atoms with van der Waals surface area (Å²) in [5.41, 5.74) is 3.95. The summed E-state index contributed by atoms with van der Waals surface area (Å²) in [4.78, 5) is 0. The van der Waals surface area contributed by atoms with E-state index in [1.165, 1.54) is 81.0 Å². The minimum atomic E-state index is 0. The Morgan fingerprint density at radius 2 is 1.22 bits per heavy atom. The van der Waals surface area contributed by atoms with Gasteiger partial charge in [0.25, 0.3) is 0 Å². The lowest BCUT2D eigenvalue weighted by molar-refractivity contribution is -0.747. The Bertz CT molecular complexity index is 846. The lowest BCUT2D eigenvalue weighted by atomic mass is 10.1. The van der Waals surface area contributed by atoms with E-state index >= 15 is 0 Å². The summed E-state index contributed by atoms with van der Waals surface area (Å²) >= 11 is 0. The van der Waals surface area contributed by atoms with Gasteiger partial charge in [-0.3, -0.25) is 0 Å². The molecule has 0 amide bonds. The van der Waals surface area contributed by atoms with Gasteiger partial charge in [-0.05, 0) is 17.5 Å². The molecule has 3 nitrogen and oxygen atoms in total. The Labute approximate surface area is 205 Å². The van der Waals surface area contributed by atoms with Gasteiger partial charge >= 0.3 is 0 Å². The first kappa shape index (κ1) is 26.3. The molecule has 0 aliphatic rings. The van der Waals surface area contributed by atoms with Gasteiger partial charge in [-0.25, -0.2) is 0 Å². The van der Waals surface area contributed by atoms with E-state index in [1.807, 2.05) is 0 Å². The lowest BCUT2D eigenvalue weighted by Gasteiger charge is -2.02. The van der Waals surface area contributed by atoms with Crippen LogP contribution >= 0.6 is 0 Å². The first-order chi connectivity index (χ1) is 15.3. The third-order valence-electron chi connectivity index (χ3n) is 6.00. The molecule has 0 radical (unpaired) electrons. The van der Waals surface area contributed by atoms with Crippen molar-refractivity contribution < 1.29 is 21.7 Å². The Morgan fingerprint density at radius 3 is 1.81 bits per heavy atom. The largest absolute Gasteiger partial charge is 1.00 e. The zero-order valence-corrected chi connectivity index (χ0v) is 21.3.